The minimum atomic E-state index is 0.152. The molecule has 1 aliphatic heterocycles. The molecule has 12 heavy (non-hydrogen) atoms. The maximum absolute atomic E-state index is 5.37. The van der Waals surface area contributed by atoms with E-state index in [2.05, 4.69) is 31.8 Å². The van der Waals surface area contributed by atoms with E-state index in [1.807, 2.05) is 6.92 Å². The van der Waals surface area contributed by atoms with E-state index in [1.165, 1.54) is 0 Å². The first-order valence-corrected chi connectivity index (χ1v) is 4.42. The Morgan fingerprint density at radius 1 is 1.50 bits per heavy atom. The molecule has 1 aliphatic rings. The Morgan fingerprint density at radius 2 is 2.17 bits per heavy atom. The molecule has 0 fully saturated rings. The van der Waals surface area contributed by atoms with E-state index in [0.29, 0.717) is 0 Å². The third kappa shape index (κ3) is 2.10. The van der Waals surface area contributed by atoms with Crippen molar-refractivity contribution in [1.82, 2.24) is 0 Å². The molecule has 0 unspecified atom stereocenters. The first-order chi connectivity index (χ1) is 5.54. The molecule has 0 N–H and O–H groups in total. The fourth-order valence-electron chi connectivity index (χ4n) is 1.13. The van der Waals surface area contributed by atoms with Crippen LogP contribution in [0.3, 0.4) is 0 Å². The second-order valence-corrected chi connectivity index (χ2v) is 4.00. The molecule has 0 atom stereocenters. The third-order valence-corrected chi connectivity index (χ3v) is 1.80. The van der Waals surface area contributed by atoms with Crippen LogP contribution in [0.4, 0.5) is 0 Å². The summed E-state index contributed by atoms with van der Waals surface area (Å²) in [4.78, 5) is 4.41. The minimum absolute atomic E-state index is 0.152. The average Bonchev–Trinajstić information content (AvgIpc) is 2.35. The fraction of sp³-hybridized carbons (Fsp3) is 0.700. The number of ether oxygens (including phenoxy) is 1. The lowest BCUT2D eigenvalue weighted by Gasteiger charge is -2.15. The highest BCUT2D eigenvalue weighted by Gasteiger charge is 2.21. The van der Waals surface area contributed by atoms with Gasteiger partial charge in [-0.05, 0) is 13.0 Å². The van der Waals surface area contributed by atoms with E-state index in [1.54, 1.807) is 0 Å². The van der Waals surface area contributed by atoms with Crippen LogP contribution in [0.5, 0.6) is 0 Å². The van der Waals surface area contributed by atoms with Gasteiger partial charge in [-0.1, -0.05) is 20.8 Å². The van der Waals surface area contributed by atoms with Crippen molar-refractivity contribution in [1.29, 1.82) is 0 Å². The number of allylic oxidation sites excluding steroid dienone is 1. The van der Waals surface area contributed by atoms with Crippen molar-refractivity contribution in [3.8, 4) is 0 Å². The highest BCUT2D eigenvalue weighted by atomic mass is 16.5. The highest BCUT2D eigenvalue weighted by Crippen LogP contribution is 2.22. The first kappa shape index (κ1) is 9.30. The van der Waals surface area contributed by atoms with Crippen LogP contribution in [0.15, 0.2) is 16.8 Å². The lowest BCUT2D eigenvalue weighted by molar-refractivity contribution is 0.229. The van der Waals surface area contributed by atoms with Crippen LogP contribution in [-0.4, -0.2) is 18.9 Å². The summed E-state index contributed by atoms with van der Waals surface area (Å²) in [6.07, 6.45) is 2.06. The molecule has 0 spiro atoms. The number of hydrogen-bond acceptors (Lipinski definition) is 2. The molecule has 68 valence electrons. The van der Waals surface area contributed by atoms with Crippen LogP contribution in [0.2, 0.25) is 0 Å². The molecule has 0 saturated carbocycles. The van der Waals surface area contributed by atoms with Gasteiger partial charge in [-0.15, -0.1) is 0 Å². The molecule has 0 aliphatic carbocycles. The molecule has 0 amide bonds. The zero-order chi connectivity index (χ0) is 9.19. The fourth-order valence-corrected chi connectivity index (χ4v) is 1.13. The Morgan fingerprint density at radius 3 is 2.58 bits per heavy atom. The Bertz CT molecular complexity index is 220. The largest absolute Gasteiger partial charge is 0.496 e. The van der Waals surface area contributed by atoms with Crippen molar-refractivity contribution >= 4 is 5.71 Å². The van der Waals surface area contributed by atoms with Gasteiger partial charge in [-0.25, -0.2) is 0 Å². The zero-order valence-electron chi connectivity index (χ0n) is 8.35. The van der Waals surface area contributed by atoms with Gasteiger partial charge in [0.2, 0.25) is 0 Å². The van der Waals surface area contributed by atoms with Gasteiger partial charge >= 0.3 is 0 Å². The maximum atomic E-state index is 5.37. The third-order valence-electron chi connectivity index (χ3n) is 1.80. The minimum Gasteiger partial charge on any atom is -0.496 e. The van der Waals surface area contributed by atoms with Crippen molar-refractivity contribution in [3.05, 3.63) is 11.8 Å². The van der Waals surface area contributed by atoms with Gasteiger partial charge in [-0.3, -0.25) is 4.99 Å². The topological polar surface area (TPSA) is 21.6 Å². The van der Waals surface area contributed by atoms with Crippen LogP contribution in [0, 0.1) is 5.41 Å². The molecular formula is C10H17NO. The van der Waals surface area contributed by atoms with Crippen molar-refractivity contribution in [2.75, 3.05) is 13.2 Å². The van der Waals surface area contributed by atoms with Crippen LogP contribution >= 0.6 is 0 Å². The molecule has 1 rings (SSSR count). The summed E-state index contributed by atoms with van der Waals surface area (Å²) in [5, 5.41) is 0. The molecule has 2 nitrogen and oxygen atoms in total. The Labute approximate surface area is 74.3 Å². The molecule has 0 aromatic carbocycles. The normalized spacial score (nSPS) is 17.3. The summed E-state index contributed by atoms with van der Waals surface area (Å²) in [6, 6.07) is 0. The van der Waals surface area contributed by atoms with Gasteiger partial charge in [0.1, 0.15) is 5.76 Å². The zero-order valence-corrected chi connectivity index (χ0v) is 8.35. The first-order valence-electron chi connectivity index (χ1n) is 4.42. The Balaban J connectivity index is 2.62. The highest BCUT2D eigenvalue weighted by molar-refractivity contribution is 6.00. The number of aliphatic imine (C=N–C) groups is 1. The van der Waals surface area contributed by atoms with E-state index < -0.39 is 0 Å². The molecule has 0 radical (unpaired) electrons. The van der Waals surface area contributed by atoms with Gasteiger partial charge in [0.05, 0.1) is 13.2 Å². The van der Waals surface area contributed by atoms with E-state index in [-0.39, 0.29) is 5.41 Å². The summed E-state index contributed by atoms with van der Waals surface area (Å²) < 4.78 is 5.37. The van der Waals surface area contributed by atoms with Gasteiger partial charge in [-0.2, -0.15) is 0 Å². The second kappa shape index (κ2) is 3.30. The lowest BCUT2D eigenvalue weighted by Crippen LogP contribution is -2.16. The van der Waals surface area contributed by atoms with Crippen LogP contribution in [0.1, 0.15) is 27.7 Å². The molecular weight excluding hydrogens is 150 g/mol. The second-order valence-electron chi connectivity index (χ2n) is 4.00. The van der Waals surface area contributed by atoms with E-state index in [9.17, 15) is 0 Å². The van der Waals surface area contributed by atoms with E-state index >= 15 is 0 Å². The summed E-state index contributed by atoms with van der Waals surface area (Å²) in [6.45, 7) is 9.95. The molecule has 1 heterocycles. The van der Waals surface area contributed by atoms with Gasteiger partial charge in [0.15, 0.2) is 0 Å². The molecule has 2 heteroatoms. The Kier molecular flexibility index (Phi) is 2.55. The standard InChI is InChI=1S/C10H17NO/c1-5-12-8-6-9(11-7-8)10(2,3)4/h6H,5,7H2,1-4H3. The van der Waals surface area contributed by atoms with Gasteiger partial charge in [0.25, 0.3) is 0 Å². The Hall–Kier alpha value is -0.790. The van der Waals surface area contributed by atoms with E-state index in [0.717, 1.165) is 24.6 Å². The molecule has 0 saturated heterocycles. The van der Waals surface area contributed by atoms with Crippen molar-refractivity contribution in [2.24, 2.45) is 10.4 Å². The van der Waals surface area contributed by atoms with Crippen molar-refractivity contribution in [2.45, 2.75) is 27.7 Å². The number of nitrogens with zero attached hydrogens (tertiary/aromatic N) is 1. The summed E-state index contributed by atoms with van der Waals surface area (Å²) in [7, 11) is 0. The average molecular weight is 167 g/mol. The number of rotatable bonds is 2. The summed E-state index contributed by atoms with van der Waals surface area (Å²) >= 11 is 0. The predicted octanol–water partition coefficient (Wildman–Crippen LogP) is 2.41. The van der Waals surface area contributed by atoms with Crippen molar-refractivity contribution in [3.63, 3.8) is 0 Å². The smallest absolute Gasteiger partial charge is 0.119 e. The van der Waals surface area contributed by atoms with Gasteiger partial charge in [0, 0.05) is 11.1 Å². The molecule has 0 bridgehead atoms. The van der Waals surface area contributed by atoms with Crippen LogP contribution in [-0.2, 0) is 4.74 Å². The summed E-state index contributed by atoms with van der Waals surface area (Å²) in [5.74, 6) is 1.00. The van der Waals surface area contributed by atoms with Crippen LogP contribution in [0.25, 0.3) is 0 Å². The summed E-state index contributed by atoms with van der Waals surface area (Å²) in [5.41, 5.74) is 1.30. The monoisotopic (exact) mass is 167 g/mol. The van der Waals surface area contributed by atoms with Crippen molar-refractivity contribution < 1.29 is 4.74 Å². The SMILES string of the molecule is CCOC1=CC(C(C)(C)C)=NC1. The van der Waals surface area contributed by atoms with E-state index in [4.69, 9.17) is 4.74 Å². The lowest BCUT2D eigenvalue weighted by atomic mass is 9.90. The molecule has 0 aromatic rings. The van der Waals surface area contributed by atoms with Gasteiger partial charge < -0.3 is 4.74 Å². The van der Waals surface area contributed by atoms with Crippen LogP contribution < -0.4 is 0 Å². The predicted molar refractivity (Wildman–Crippen MR) is 51.5 cm³/mol. The quantitative estimate of drug-likeness (QED) is 0.619. The molecule has 0 aromatic heterocycles. The maximum Gasteiger partial charge on any atom is 0.119 e. The number of hydrogen-bond donors (Lipinski definition) is 0.